The van der Waals surface area contributed by atoms with Gasteiger partial charge in [-0.2, -0.15) is 5.10 Å². The van der Waals surface area contributed by atoms with E-state index in [0.29, 0.717) is 16.9 Å². The van der Waals surface area contributed by atoms with Crippen LogP contribution < -0.4 is 14.9 Å². The fourth-order valence-corrected chi connectivity index (χ4v) is 1.80. The summed E-state index contributed by atoms with van der Waals surface area (Å²) in [5.41, 5.74) is 3.58. The second-order valence-electron chi connectivity index (χ2n) is 4.53. The highest BCUT2D eigenvalue weighted by atomic mass is 16.7. The normalized spacial score (nSPS) is 10.2. The van der Waals surface area contributed by atoms with Crippen LogP contribution in [0.4, 0.5) is 4.79 Å². The van der Waals surface area contributed by atoms with Crippen molar-refractivity contribution >= 4 is 18.3 Å². The molecule has 0 radical (unpaired) electrons. The standard InChI is InChI=1S/C17H16N2O5/c1-22-15-10-12(8-9-14(15)24-17(21)23-2)11-18-19-16(20)13-6-4-3-5-7-13/h3-11H,1-2H3,(H,19,20)/b18-11-. The van der Waals surface area contributed by atoms with Crippen LogP contribution in [0, 0.1) is 0 Å². The number of ether oxygens (including phenoxy) is 3. The van der Waals surface area contributed by atoms with E-state index in [0.717, 1.165) is 0 Å². The summed E-state index contributed by atoms with van der Waals surface area (Å²) >= 11 is 0. The van der Waals surface area contributed by atoms with E-state index in [1.807, 2.05) is 6.07 Å². The average Bonchev–Trinajstić information content (AvgIpc) is 2.63. The van der Waals surface area contributed by atoms with Crippen molar-refractivity contribution < 1.29 is 23.8 Å². The van der Waals surface area contributed by atoms with Crippen LogP contribution in [0.5, 0.6) is 11.5 Å². The highest BCUT2D eigenvalue weighted by Gasteiger charge is 2.10. The SMILES string of the molecule is COC(=O)Oc1ccc(/C=N\NC(=O)c2ccccc2)cc1OC. The number of hydrogen-bond acceptors (Lipinski definition) is 6. The molecule has 0 atom stereocenters. The summed E-state index contributed by atoms with van der Waals surface area (Å²) in [4.78, 5) is 23.0. The number of methoxy groups -OCH3 is 2. The molecule has 1 amide bonds. The van der Waals surface area contributed by atoms with Gasteiger partial charge in [0.15, 0.2) is 11.5 Å². The molecule has 2 aromatic rings. The molecule has 7 heteroatoms. The number of hydrazone groups is 1. The lowest BCUT2D eigenvalue weighted by Crippen LogP contribution is -2.17. The molecule has 2 aromatic carbocycles. The summed E-state index contributed by atoms with van der Waals surface area (Å²) in [7, 11) is 2.66. The van der Waals surface area contributed by atoms with Crippen LogP contribution in [-0.2, 0) is 4.74 Å². The van der Waals surface area contributed by atoms with Crippen LogP contribution in [0.25, 0.3) is 0 Å². The van der Waals surface area contributed by atoms with Gasteiger partial charge in [0.1, 0.15) is 0 Å². The van der Waals surface area contributed by atoms with Crippen LogP contribution in [0.2, 0.25) is 0 Å². The lowest BCUT2D eigenvalue weighted by molar-refractivity contribution is 0.0955. The molecule has 0 heterocycles. The van der Waals surface area contributed by atoms with E-state index in [1.165, 1.54) is 26.5 Å². The van der Waals surface area contributed by atoms with E-state index in [2.05, 4.69) is 15.3 Å². The van der Waals surface area contributed by atoms with Gasteiger partial charge in [-0.25, -0.2) is 10.2 Å². The Morgan fingerprint density at radius 2 is 1.79 bits per heavy atom. The quantitative estimate of drug-likeness (QED) is 0.394. The Morgan fingerprint density at radius 3 is 2.46 bits per heavy atom. The molecule has 24 heavy (non-hydrogen) atoms. The average molecular weight is 328 g/mol. The van der Waals surface area contributed by atoms with Gasteiger partial charge in [-0.1, -0.05) is 18.2 Å². The molecule has 0 aromatic heterocycles. The Bertz CT molecular complexity index is 744. The molecule has 0 fully saturated rings. The van der Waals surface area contributed by atoms with Gasteiger partial charge in [0.05, 0.1) is 20.4 Å². The third kappa shape index (κ3) is 4.57. The summed E-state index contributed by atoms with van der Waals surface area (Å²) in [6.07, 6.45) is 0.607. The van der Waals surface area contributed by atoms with Crippen LogP contribution in [-0.4, -0.2) is 32.5 Å². The second kappa shape index (κ2) is 8.33. The van der Waals surface area contributed by atoms with Gasteiger partial charge in [-0.05, 0) is 35.9 Å². The Hall–Kier alpha value is -3.35. The monoisotopic (exact) mass is 328 g/mol. The Balaban J connectivity index is 2.04. The number of carbonyl (C=O) groups excluding carboxylic acids is 2. The topological polar surface area (TPSA) is 86.2 Å². The molecule has 7 nitrogen and oxygen atoms in total. The van der Waals surface area contributed by atoms with Gasteiger partial charge in [0.2, 0.25) is 0 Å². The second-order valence-corrected chi connectivity index (χ2v) is 4.53. The fraction of sp³-hybridized carbons (Fsp3) is 0.118. The van der Waals surface area contributed by atoms with E-state index in [9.17, 15) is 9.59 Å². The predicted molar refractivity (Wildman–Crippen MR) is 87.5 cm³/mol. The van der Waals surface area contributed by atoms with Crippen molar-refractivity contribution in [2.24, 2.45) is 5.10 Å². The smallest absolute Gasteiger partial charge is 0.493 e. The number of benzene rings is 2. The molecule has 0 aliphatic rings. The molecule has 2 rings (SSSR count). The van der Waals surface area contributed by atoms with Crippen LogP contribution in [0.1, 0.15) is 15.9 Å². The third-order valence-electron chi connectivity index (χ3n) is 2.96. The number of carbonyl (C=O) groups is 2. The lowest BCUT2D eigenvalue weighted by atomic mass is 10.2. The van der Waals surface area contributed by atoms with Crippen LogP contribution in [0.15, 0.2) is 53.6 Å². The summed E-state index contributed by atoms with van der Waals surface area (Å²) in [5, 5.41) is 3.89. The molecular formula is C17H16N2O5. The molecular weight excluding hydrogens is 312 g/mol. The van der Waals surface area contributed by atoms with Crippen molar-refractivity contribution in [3.63, 3.8) is 0 Å². The van der Waals surface area contributed by atoms with Crippen molar-refractivity contribution in [3.05, 3.63) is 59.7 Å². The van der Waals surface area contributed by atoms with E-state index < -0.39 is 6.16 Å². The van der Waals surface area contributed by atoms with Gasteiger partial charge in [0.25, 0.3) is 5.91 Å². The van der Waals surface area contributed by atoms with E-state index in [4.69, 9.17) is 9.47 Å². The number of rotatable bonds is 5. The molecule has 0 saturated heterocycles. The molecule has 0 unspecified atom stereocenters. The molecule has 0 bridgehead atoms. The number of nitrogens with one attached hydrogen (secondary N) is 1. The van der Waals surface area contributed by atoms with Crippen molar-refractivity contribution in [3.8, 4) is 11.5 Å². The van der Waals surface area contributed by atoms with Gasteiger partial charge in [-0.3, -0.25) is 4.79 Å². The maximum absolute atomic E-state index is 11.8. The maximum atomic E-state index is 11.8. The van der Waals surface area contributed by atoms with E-state index >= 15 is 0 Å². The van der Waals surface area contributed by atoms with E-state index in [-0.39, 0.29) is 11.7 Å². The third-order valence-corrected chi connectivity index (χ3v) is 2.96. The zero-order valence-corrected chi connectivity index (χ0v) is 13.2. The summed E-state index contributed by atoms with van der Waals surface area (Å²) < 4.78 is 14.5. The number of hydrogen-bond donors (Lipinski definition) is 1. The number of nitrogens with zero attached hydrogens (tertiary/aromatic N) is 1. The lowest BCUT2D eigenvalue weighted by Gasteiger charge is -2.08. The van der Waals surface area contributed by atoms with E-state index in [1.54, 1.807) is 36.4 Å². The summed E-state index contributed by atoms with van der Waals surface area (Å²) in [5.74, 6) is 0.234. The Labute approximate surface area is 138 Å². The van der Waals surface area contributed by atoms with Crippen LogP contribution in [0.3, 0.4) is 0 Å². The molecule has 0 saturated carbocycles. The summed E-state index contributed by atoms with van der Waals surface area (Å²) in [6.45, 7) is 0. The highest BCUT2D eigenvalue weighted by molar-refractivity contribution is 5.94. The first kappa shape index (κ1) is 17.0. The summed E-state index contributed by atoms with van der Waals surface area (Å²) in [6, 6.07) is 13.5. The van der Waals surface area contributed by atoms with Crippen molar-refractivity contribution in [2.45, 2.75) is 0 Å². The van der Waals surface area contributed by atoms with Crippen molar-refractivity contribution in [2.75, 3.05) is 14.2 Å². The Kier molecular flexibility index (Phi) is 5.90. The fourth-order valence-electron chi connectivity index (χ4n) is 1.80. The predicted octanol–water partition coefficient (Wildman–Crippen LogP) is 2.60. The minimum absolute atomic E-state index is 0.217. The first-order valence-electron chi connectivity index (χ1n) is 6.96. The first-order chi connectivity index (χ1) is 11.6. The highest BCUT2D eigenvalue weighted by Crippen LogP contribution is 2.27. The molecule has 0 aliphatic carbocycles. The first-order valence-corrected chi connectivity index (χ1v) is 6.96. The maximum Gasteiger partial charge on any atom is 0.513 e. The zero-order valence-electron chi connectivity index (χ0n) is 13.2. The van der Waals surface area contributed by atoms with Gasteiger partial charge < -0.3 is 14.2 Å². The van der Waals surface area contributed by atoms with Crippen LogP contribution >= 0.6 is 0 Å². The molecule has 0 aliphatic heterocycles. The minimum Gasteiger partial charge on any atom is -0.493 e. The van der Waals surface area contributed by atoms with Crippen molar-refractivity contribution in [1.29, 1.82) is 0 Å². The van der Waals surface area contributed by atoms with Gasteiger partial charge >= 0.3 is 6.16 Å². The zero-order chi connectivity index (χ0) is 17.4. The molecule has 124 valence electrons. The largest absolute Gasteiger partial charge is 0.513 e. The molecule has 0 spiro atoms. The van der Waals surface area contributed by atoms with Gasteiger partial charge in [0, 0.05) is 5.56 Å². The van der Waals surface area contributed by atoms with Gasteiger partial charge in [-0.15, -0.1) is 0 Å². The minimum atomic E-state index is -0.843. The Morgan fingerprint density at radius 1 is 1.04 bits per heavy atom. The molecule has 1 N–H and O–H groups in total. The van der Waals surface area contributed by atoms with Crippen molar-refractivity contribution in [1.82, 2.24) is 5.43 Å². The number of amides is 1.